The Morgan fingerprint density at radius 3 is 1.70 bits per heavy atom. The van der Waals surface area contributed by atoms with E-state index in [4.69, 9.17) is 0 Å². The summed E-state index contributed by atoms with van der Waals surface area (Å²) in [6.07, 6.45) is 0. The van der Waals surface area contributed by atoms with Crippen molar-refractivity contribution in [1.29, 1.82) is 0 Å². The molecule has 0 aromatic heterocycles. The minimum absolute atomic E-state index is 0. The van der Waals surface area contributed by atoms with E-state index in [-0.39, 0.29) is 17.4 Å². The van der Waals surface area contributed by atoms with Gasteiger partial charge in [-0.15, -0.1) is 0 Å². The Morgan fingerprint density at radius 1 is 0.550 bits per heavy atom. The zero-order valence-corrected chi connectivity index (χ0v) is 12.2. The van der Waals surface area contributed by atoms with E-state index in [0.29, 0.717) is 5.75 Å². The topological polar surface area (TPSA) is 20.2 Å². The molecule has 3 rings (SSSR count). The molecule has 20 heavy (non-hydrogen) atoms. The van der Waals surface area contributed by atoms with Crippen LogP contribution in [-0.4, -0.2) is 22.5 Å². The molecular formula is C18H14AlO+3. The summed E-state index contributed by atoms with van der Waals surface area (Å²) in [5.41, 5.74) is 4.15. The molecule has 3 aromatic rings. The maximum absolute atomic E-state index is 10.0. The van der Waals surface area contributed by atoms with Gasteiger partial charge in [0, 0.05) is 5.56 Å². The first-order valence-electron chi connectivity index (χ1n) is 6.28. The summed E-state index contributed by atoms with van der Waals surface area (Å²) in [7, 11) is 0. The molecule has 0 heterocycles. The first kappa shape index (κ1) is 14.4. The van der Waals surface area contributed by atoms with Gasteiger partial charge in [-0.25, -0.2) is 0 Å². The molecule has 1 nitrogen and oxygen atoms in total. The fourth-order valence-corrected chi connectivity index (χ4v) is 2.20. The van der Waals surface area contributed by atoms with E-state index < -0.39 is 0 Å². The SMILES string of the molecule is Oc1ccc(-c2ccccc2)cc1-c1ccccc1.[Al+3]. The third-order valence-corrected chi connectivity index (χ3v) is 3.19. The monoisotopic (exact) mass is 273 g/mol. The molecule has 0 aliphatic rings. The fourth-order valence-electron chi connectivity index (χ4n) is 2.20. The summed E-state index contributed by atoms with van der Waals surface area (Å²) >= 11 is 0. The summed E-state index contributed by atoms with van der Waals surface area (Å²) in [5.74, 6) is 0.311. The van der Waals surface area contributed by atoms with Gasteiger partial charge in [-0.05, 0) is 28.8 Å². The Balaban J connectivity index is 0.00000147. The molecule has 0 spiro atoms. The molecule has 1 N–H and O–H groups in total. The van der Waals surface area contributed by atoms with E-state index in [0.717, 1.165) is 22.3 Å². The van der Waals surface area contributed by atoms with Crippen molar-refractivity contribution in [3.8, 4) is 28.0 Å². The van der Waals surface area contributed by atoms with Crippen LogP contribution in [-0.2, 0) is 0 Å². The Kier molecular flexibility index (Phi) is 4.63. The van der Waals surface area contributed by atoms with Crippen LogP contribution in [0.25, 0.3) is 22.3 Å². The number of hydrogen-bond acceptors (Lipinski definition) is 1. The van der Waals surface area contributed by atoms with Crippen LogP contribution in [0, 0.1) is 0 Å². The van der Waals surface area contributed by atoms with Gasteiger partial charge < -0.3 is 5.11 Å². The Bertz CT molecular complexity index is 678. The Morgan fingerprint density at radius 2 is 1.10 bits per heavy atom. The van der Waals surface area contributed by atoms with Crippen molar-refractivity contribution in [2.45, 2.75) is 0 Å². The first-order valence-corrected chi connectivity index (χ1v) is 6.28. The van der Waals surface area contributed by atoms with E-state index in [9.17, 15) is 5.11 Å². The number of benzene rings is 3. The van der Waals surface area contributed by atoms with Gasteiger partial charge in [0.2, 0.25) is 0 Å². The van der Waals surface area contributed by atoms with E-state index in [1.807, 2.05) is 60.7 Å². The van der Waals surface area contributed by atoms with Gasteiger partial charge in [0.15, 0.2) is 0 Å². The molecule has 2 heteroatoms. The summed E-state index contributed by atoms with van der Waals surface area (Å²) < 4.78 is 0. The van der Waals surface area contributed by atoms with Crippen molar-refractivity contribution in [1.82, 2.24) is 0 Å². The zero-order valence-electron chi connectivity index (χ0n) is 11.0. The summed E-state index contributed by atoms with van der Waals surface area (Å²) in [4.78, 5) is 0. The van der Waals surface area contributed by atoms with E-state index in [2.05, 4.69) is 12.1 Å². The third-order valence-electron chi connectivity index (χ3n) is 3.19. The van der Waals surface area contributed by atoms with E-state index in [1.165, 1.54) is 0 Å². The second-order valence-electron chi connectivity index (χ2n) is 4.46. The van der Waals surface area contributed by atoms with Crippen LogP contribution in [0.3, 0.4) is 0 Å². The second kappa shape index (κ2) is 6.43. The molecular weight excluding hydrogens is 259 g/mol. The van der Waals surface area contributed by atoms with Crippen molar-refractivity contribution in [3.63, 3.8) is 0 Å². The minimum atomic E-state index is 0. The molecule has 0 unspecified atom stereocenters. The molecule has 0 aliphatic carbocycles. The maximum Gasteiger partial charge on any atom is 3.00 e. The van der Waals surface area contributed by atoms with Crippen molar-refractivity contribution in [2.75, 3.05) is 0 Å². The Labute approximate surface area is 129 Å². The zero-order chi connectivity index (χ0) is 13.1. The quantitative estimate of drug-likeness (QED) is 0.688. The average molecular weight is 273 g/mol. The molecule has 0 fully saturated rings. The predicted octanol–water partition coefficient (Wildman–Crippen LogP) is 4.35. The van der Waals surface area contributed by atoms with E-state index in [1.54, 1.807) is 6.07 Å². The van der Waals surface area contributed by atoms with Gasteiger partial charge in [-0.2, -0.15) is 0 Å². The number of phenols is 1. The smallest absolute Gasteiger partial charge is 0.507 e. The van der Waals surface area contributed by atoms with Gasteiger partial charge in [0.05, 0.1) is 0 Å². The van der Waals surface area contributed by atoms with E-state index >= 15 is 0 Å². The summed E-state index contributed by atoms with van der Waals surface area (Å²) in [6, 6.07) is 25.8. The number of hydrogen-bond donors (Lipinski definition) is 1. The summed E-state index contributed by atoms with van der Waals surface area (Å²) in [6.45, 7) is 0. The van der Waals surface area contributed by atoms with Crippen LogP contribution >= 0.6 is 0 Å². The Hall–Kier alpha value is -2.01. The van der Waals surface area contributed by atoms with Gasteiger partial charge in [-0.3, -0.25) is 0 Å². The van der Waals surface area contributed by atoms with Gasteiger partial charge in [0.1, 0.15) is 5.75 Å². The second-order valence-corrected chi connectivity index (χ2v) is 4.46. The largest absolute Gasteiger partial charge is 3.00 e. The molecule has 92 valence electrons. The standard InChI is InChI=1S/C18H14O.Al/c19-18-12-11-16(14-7-3-1-4-8-14)13-17(18)15-9-5-2-6-10-15;/h1-13,19H;/q;+3. The number of phenolic OH excluding ortho intramolecular Hbond substituents is 1. The third kappa shape index (κ3) is 2.94. The van der Waals surface area contributed by atoms with Crippen molar-refractivity contribution in [2.24, 2.45) is 0 Å². The molecule has 0 saturated carbocycles. The van der Waals surface area contributed by atoms with Gasteiger partial charge in [-0.1, -0.05) is 66.7 Å². The predicted molar refractivity (Wildman–Crippen MR) is 84.7 cm³/mol. The molecule has 0 saturated heterocycles. The van der Waals surface area contributed by atoms with Crippen LogP contribution in [0.4, 0.5) is 0 Å². The molecule has 0 atom stereocenters. The molecule has 0 amide bonds. The van der Waals surface area contributed by atoms with Crippen LogP contribution in [0.1, 0.15) is 0 Å². The van der Waals surface area contributed by atoms with Crippen molar-refractivity contribution in [3.05, 3.63) is 78.9 Å². The van der Waals surface area contributed by atoms with Crippen LogP contribution in [0.15, 0.2) is 78.9 Å². The first-order chi connectivity index (χ1) is 9.34. The van der Waals surface area contributed by atoms with Gasteiger partial charge in [0.25, 0.3) is 0 Å². The van der Waals surface area contributed by atoms with Crippen LogP contribution in [0.2, 0.25) is 0 Å². The molecule has 3 aromatic carbocycles. The molecule has 0 radical (unpaired) electrons. The average Bonchev–Trinajstić information content (AvgIpc) is 2.49. The van der Waals surface area contributed by atoms with Crippen molar-refractivity contribution < 1.29 is 5.11 Å². The fraction of sp³-hybridized carbons (Fsp3) is 0. The van der Waals surface area contributed by atoms with Crippen LogP contribution in [0.5, 0.6) is 5.75 Å². The van der Waals surface area contributed by atoms with Gasteiger partial charge >= 0.3 is 17.4 Å². The van der Waals surface area contributed by atoms with Crippen LogP contribution < -0.4 is 0 Å². The normalized spacial score (nSPS) is 9.80. The number of rotatable bonds is 2. The van der Waals surface area contributed by atoms with Crippen molar-refractivity contribution >= 4 is 17.4 Å². The summed E-state index contributed by atoms with van der Waals surface area (Å²) in [5, 5.41) is 10.0. The minimum Gasteiger partial charge on any atom is -0.507 e. The molecule has 0 aliphatic heterocycles. The number of aromatic hydroxyl groups is 1. The molecule has 0 bridgehead atoms. The maximum atomic E-state index is 10.0.